The maximum Gasteiger partial charge on any atom is 0.236 e. The number of hydrogen-bond acceptors (Lipinski definition) is 4. The van der Waals surface area contributed by atoms with Crippen molar-refractivity contribution in [3.05, 3.63) is 0 Å². The van der Waals surface area contributed by atoms with Gasteiger partial charge in [0, 0.05) is 6.61 Å². The second-order valence-corrected chi connectivity index (χ2v) is 2.66. The zero-order chi connectivity index (χ0) is 10.1. The number of carbonyl (C=O) groups is 1. The molecule has 0 rings (SSSR count). The van der Waals surface area contributed by atoms with E-state index in [1.165, 1.54) is 0 Å². The molecule has 0 bridgehead atoms. The number of amides is 1. The van der Waals surface area contributed by atoms with Gasteiger partial charge in [0.15, 0.2) is 0 Å². The molecule has 13 heavy (non-hydrogen) atoms. The van der Waals surface area contributed by atoms with Crippen LogP contribution in [0.3, 0.4) is 0 Å². The van der Waals surface area contributed by atoms with Gasteiger partial charge in [-0.25, -0.2) is 5.84 Å². The fourth-order valence-electron chi connectivity index (χ4n) is 0.757. The van der Waals surface area contributed by atoms with Crippen LogP contribution < -0.4 is 11.3 Å². The minimum absolute atomic E-state index is 0.0190. The Bertz CT molecular complexity index is 141. The Balaban J connectivity index is 3.26. The van der Waals surface area contributed by atoms with Crippen molar-refractivity contribution < 1.29 is 14.3 Å². The first kappa shape index (κ1) is 12.3. The summed E-state index contributed by atoms with van der Waals surface area (Å²) in [6.07, 6.45) is 0.304. The molecule has 0 aliphatic carbocycles. The van der Waals surface area contributed by atoms with E-state index in [4.69, 9.17) is 15.3 Å². The van der Waals surface area contributed by atoms with Crippen LogP contribution in [0.1, 0.15) is 20.3 Å². The molecule has 0 aromatic heterocycles. The molecule has 0 aromatic carbocycles. The quantitative estimate of drug-likeness (QED) is 0.331. The van der Waals surface area contributed by atoms with E-state index in [2.05, 4.69) is 0 Å². The lowest BCUT2D eigenvalue weighted by molar-refractivity contribution is -0.122. The van der Waals surface area contributed by atoms with Gasteiger partial charge >= 0.3 is 0 Å². The van der Waals surface area contributed by atoms with E-state index in [0.717, 1.165) is 0 Å². The first-order valence-corrected chi connectivity index (χ1v) is 4.39. The van der Waals surface area contributed by atoms with E-state index in [1.54, 1.807) is 0 Å². The van der Waals surface area contributed by atoms with Gasteiger partial charge in [-0.1, -0.05) is 0 Å². The van der Waals surface area contributed by atoms with Crippen LogP contribution in [0.2, 0.25) is 0 Å². The third-order valence-electron chi connectivity index (χ3n) is 1.45. The van der Waals surface area contributed by atoms with Crippen molar-refractivity contribution in [2.24, 2.45) is 5.84 Å². The fourth-order valence-corrected chi connectivity index (χ4v) is 0.757. The molecule has 5 heteroatoms. The molecule has 0 aromatic rings. The molecule has 0 saturated heterocycles. The summed E-state index contributed by atoms with van der Waals surface area (Å²) in [6, 6.07) is 0. The first-order valence-electron chi connectivity index (χ1n) is 4.39. The minimum atomic E-state index is -0.219. The van der Waals surface area contributed by atoms with Crippen LogP contribution in [0.5, 0.6) is 0 Å². The van der Waals surface area contributed by atoms with Crippen molar-refractivity contribution in [1.29, 1.82) is 0 Å². The Morgan fingerprint density at radius 2 is 2.31 bits per heavy atom. The van der Waals surface area contributed by atoms with Crippen molar-refractivity contribution in [1.82, 2.24) is 5.43 Å². The summed E-state index contributed by atoms with van der Waals surface area (Å²) in [5.41, 5.74) is 2.03. The van der Waals surface area contributed by atoms with Crippen LogP contribution >= 0.6 is 0 Å². The van der Waals surface area contributed by atoms with Crippen molar-refractivity contribution in [2.45, 2.75) is 26.4 Å². The summed E-state index contributed by atoms with van der Waals surface area (Å²) in [5.74, 6) is 4.67. The molecule has 1 unspecified atom stereocenters. The number of nitrogens with two attached hydrogens (primary N) is 1. The van der Waals surface area contributed by atoms with Gasteiger partial charge in [-0.15, -0.1) is 0 Å². The van der Waals surface area contributed by atoms with Gasteiger partial charge in [0.25, 0.3) is 0 Å². The average molecular weight is 190 g/mol. The van der Waals surface area contributed by atoms with Crippen molar-refractivity contribution in [3.8, 4) is 0 Å². The van der Waals surface area contributed by atoms with Gasteiger partial charge in [0.05, 0.1) is 25.7 Å². The maximum absolute atomic E-state index is 10.7. The number of carbonyl (C=O) groups excluding carboxylic acids is 1. The Morgan fingerprint density at radius 3 is 2.85 bits per heavy atom. The van der Waals surface area contributed by atoms with Gasteiger partial charge < -0.3 is 9.47 Å². The van der Waals surface area contributed by atoms with Gasteiger partial charge in [-0.3, -0.25) is 10.2 Å². The van der Waals surface area contributed by atoms with Crippen LogP contribution in [0.25, 0.3) is 0 Å². The smallest absolute Gasteiger partial charge is 0.236 e. The molecule has 0 aliphatic rings. The third kappa shape index (κ3) is 7.70. The summed E-state index contributed by atoms with van der Waals surface area (Å²) in [5, 5.41) is 0. The van der Waals surface area contributed by atoms with Gasteiger partial charge in [0.1, 0.15) is 0 Å². The maximum atomic E-state index is 10.7. The lowest BCUT2D eigenvalue weighted by Crippen LogP contribution is -2.31. The molecule has 5 nitrogen and oxygen atoms in total. The molecule has 0 heterocycles. The predicted octanol–water partition coefficient (Wildman–Crippen LogP) is -0.192. The van der Waals surface area contributed by atoms with Crippen LogP contribution in [0, 0.1) is 0 Å². The summed E-state index contributed by atoms with van der Waals surface area (Å²) in [6.45, 7) is 5.43. The molecule has 1 atom stereocenters. The molecule has 0 aliphatic heterocycles. The Hall–Kier alpha value is -0.650. The highest BCUT2D eigenvalue weighted by Crippen LogP contribution is 1.93. The zero-order valence-corrected chi connectivity index (χ0v) is 8.21. The summed E-state index contributed by atoms with van der Waals surface area (Å²) < 4.78 is 10.4. The highest BCUT2D eigenvalue weighted by Gasteiger charge is 2.03. The lowest BCUT2D eigenvalue weighted by atomic mass is 10.4. The Kier molecular flexibility index (Phi) is 7.57. The minimum Gasteiger partial charge on any atom is -0.379 e. The Labute approximate surface area is 78.5 Å². The van der Waals surface area contributed by atoms with E-state index >= 15 is 0 Å². The van der Waals surface area contributed by atoms with Gasteiger partial charge in [-0.2, -0.15) is 0 Å². The monoisotopic (exact) mass is 190 g/mol. The van der Waals surface area contributed by atoms with E-state index in [0.29, 0.717) is 19.8 Å². The van der Waals surface area contributed by atoms with E-state index in [-0.39, 0.29) is 18.4 Å². The fraction of sp³-hybridized carbons (Fsp3) is 0.875. The molecule has 0 saturated carbocycles. The molecule has 78 valence electrons. The number of nitrogens with one attached hydrogen (secondary N) is 1. The molecule has 0 radical (unpaired) electrons. The molecular weight excluding hydrogens is 172 g/mol. The van der Waals surface area contributed by atoms with Crippen LogP contribution in [-0.2, 0) is 14.3 Å². The predicted molar refractivity (Wildman–Crippen MR) is 48.9 cm³/mol. The number of ether oxygens (including phenoxy) is 2. The molecule has 0 fully saturated rings. The molecule has 3 N–H and O–H groups in total. The summed E-state index contributed by atoms with van der Waals surface area (Å²) in [7, 11) is 0. The largest absolute Gasteiger partial charge is 0.379 e. The second-order valence-electron chi connectivity index (χ2n) is 2.66. The van der Waals surface area contributed by atoms with E-state index in [1.807, 2.05) is 19.3 Å². The lowest BCUT2D eigenvalue weighted by Gasteiger charge is -2.11. The van der Waals surface area contributed by atoms with Crippen molar-refractivity contribution in [2.75, 3.05) is 19.8 Å². The molecular formula is C8H18N2O3. The van der Waals surface area contributed by atoms with Crippen molar-refractivity contribution in [3.63, 3.8) is 0 Å². The van der Waals surface area contributed by atoms with E-state index < -0.39 is 0 Å². The van der Waals surface area contributed by atoms with Crippen LogP contribution in [0.4, 0.5) is 0 Å². The normalized spacial score (nSPS) is 12.5. The highest BCUT2D eigenvalue weighted by molar-refractivity contribution is 5.75. The zero-order valence-electron chi connectivity index (χ0n) is 8.21. The summed E-state index contributed by atoms with van der Waals surface area (Å²) >= 11 is 0. The molecule has 0 spiro atoms. The number of hydrogen-bond donors (Lipinski definition) is 2. The number of rotatable bonds is 7. The van der Waals surface area contributed by atoms with Gasteiger partial charge in [-0.05, 0) is 13.8 Å². The van der Waals surface area contributed by atoms with E-state index in [9.17, 15) is 4.79 Å². The second kappa shape index (κ2) is 7.97. The standard InChI is InChI=1S/C8H18N2O3/c1-3-12-6-7(2)13-5-4-8(11)10-9/h7H,3-6,9H2,1-2H3,(H,10,11). The van der Waals surface area contributed by atoms with Gasteiger partial charge in [0.2, 0.25) is 5.91 Å². The van der Waals surface area contributed by atoms with Crippen molar-refractivity contribution >= 4 is 5.91 Å². The SMILES string of the molecule is CCOCC(C)OCCC(=O)NN. The highest BCUT2D eigenvalue weighted by atomic mass is 16.5. The third-order valence-corrected chi connectivity index (χ3v) is 1.45. The van der Waals surface area contributed by atoms with Crippen LogP contribution in [-0.4, -0.2) is 31.8 Å². The Morgan fingerprint density at radius 1 is 1.62 bits per heavy atom. The average Bonchev–Trinajstić information content (AvgIpc) is 2.14. The first-order chi connectivity index (χ1) is 6.20. The molecule has 1 amide bonds. The summed E-state index contributed by atoms with van der Waals surface area (Å²) in [4.78, 5) is 10.7. The van der Waals surface area contributed by atoms with Crippen LogP contribution in [0.15, 0.2) is 0 Å². The topological polar surface area (TPSA) is 73.6 Å². The number of hydrazine groups is 1.